The fraction of sp³-hybridized carbons (Fsp3) is 0.250. The molecule has 17 heavy (non-hydrogen) atoms. The van der Waals surface area contributed by atoms with E-state index < -0.39 is 6.43 Å². The summed E-state index contributed by atoms with van der Waals surface area (Å²) in [6.07, 6.45) is -0.577. The minimum atomic E-state index is -2.39. The Morgan fingerprint density at radius 2 is 1.94 bits per heavy atom. The van der Waals surface area contributed by atoms with Crippen molar-refractivity contribution in [2.24, 2.45) is 0 Å². The summed E-state index contributed by atoms with van der Waals surface area (Å²) in [7, 11) is 0. The first-order valence-electron chi connectivity index (χ1n) is 5.21. The number of rotatable bonds is 5. The zero-order valence-electron chi connectivity index (χ0n) is 9.07. The van der Waals surface area contributed by atoms with Crippen molar-refractivity contribution in [2.75, 3.05) is 0 Å². The van der Waals surface area contributed by atoms with Crippen LogP contribution in [0.2, 0.25) is 0 Å². The van der Waals surface area contributed by atoms with Gasteiger partial charge in [0.05, 0.1) is 5.51 Å². The van der Waals surface area contributed by atoms with Crippen molar-refractivity contribution in [3.05, 3.63) is 52.0 Å². The highest BCUT2D eigenvalue weighted by Gasteiger charge is 2.05. The van der Waals surface area contributed by atoms with E-state index in [0.29, 0.717) is 6.54 Å². The van der Waals surface area contributed by atoms with E-state index in [1.807, 2.05) is 6.20 Å². The van der Waals surface area contributed by atoms with Crippen molar-refractivity contribution < 1.29 is 8.78 Å². The van der Waals surface area contributed by atoms with E-state index in [9.17, 15) is 8.78 Å². The highest BCUT2D eigenvalue weighted by atomic mass is 32.1. The molecule has 0 fully saturated rings. The lowest BCUT2D eigenvalue weighted by Gasteiger charge is -2.04. The van der Waals surface area contributed by atoms with Gasteiger partial charge in [-0.1, -0.05) is 24.3 Å². The Labute approximate surface area is 102 Å². The van der Waals surface area contributed by atoms with Crippen LogP contribution in [0.15, 0.2) is 36.0 Å². The Morgan fingerprint density at radius 1 is 1.18 bits per heavy atom. The molecule has 90 valence electrons. The maximum Gasteiger partial charge on any atom is 0.263 e. The molecule has 1 N–H and O–H groups in total. The smallest absolute Gasteiger partial charge is 0.263 e. The third kappa shape index (κ3) is 3.57. The number of hydrogen-bond donors (Lipinski definition) is 1. The van der Waals surface area contributed by atoms with Crippen molar-refractivity contribution in [1.82, 2.24) is 10.3 Å². The van der Waals surface area contributed by atoms with Crippen LogP contribution in [0, 0.1) is 0 Å². The molecular weight excluding hydrogens is 242 g/mol. The molecule has 0 aliphatic heterocycles. The summed E-state index contributed by atoms with van der Waals surface area (Å²) in [5, 5.41) is 3.24. The standard InChI is InChI=1S/C12H12F2N2S/c13-12(14)10-3-1-9(2-4-10)5-15-6-11-7-16-8-17-11/h1-4,7-8,12,15H,5-6H2. The molecule has 0 aliphatic rings. The van der Waals surface area contributed by atoms with Gasteiger partial charge >= 0.3 is 0 Å². The second-order valence-corrected chi connectivity index (χ2v) is 4.58. The topological polar surface area (TPSA) is 24.9 Å². The van der Waals surface area contributed by atoms with E-state index in [1.54, 1.807) is 29.0 Å². The van der Waals surface area contributed by atoms with Gasteiger partial charge in [0.25, 0.3) is 6.43 Å². The van der Waals surface area contributed by atoms with Crippen LogP contribution in [0.4, 0.5) is 8.78 Å². The van der Waals surface area contributed by atoms with Crippen LogP contribution in [0.1, 0.15) is 22.4 Å². The summed E-state index contributed by atoms with van der Waals surface area (Å²) >= 11 is 1.59. The van der Waals surface area contributed by atoms with Gasteiger partial charge in [0.2, 0.25) is 0 Å². The average molecular weight is 254 g/mol. The highest BCUT2D eigenvalue weighted by Crippen LogP contribution is 2.18. The SMILES string of the molecule is FC(F)c1ccc(CNCc2cncs2)cc1. The van der Waals surface area contributed by atoms with Crippen molar-refractivity contribution in [2.45, 2.75) is 19.5 Å². The molecule has 1 aromatic heterocycles. The Morgan fingerprint density at radius 3 is 2.53 bits per heavy atom. The quantitative estimate of drug-likeness (QED) is 0.884. The molecule has 2 aromatic rings. The normalized spacial score (nSPS) is 11.0. The molecule has 0 amide bonds. The maximum atomic E-state index is 12.3. The molecule has 0 radical (unpaired) electrons. The Balaban J connectivity index is 1.83. The van der Waals surface area contributed by atoms with E-state index >= 15 is 0 Å². The molecule has 0 bridgehead atoms. The minimum Gasteiger partial charge on any atom is -0.308 e. The number of hydrogen-bond acceptors (Lipinski definition) is 3. The second kappa shape index (κ2) is 5.84. The third-order valence-corrected chi connectivity index (χ3v) is 3.12. The Kier molecular flexibility index (Phi) is 4.17. The van der Waals surface area contributed by atoms with Gasteiger partial charge in [-0.3, -0.25) is 4.98 Å². The van der Waals surface area contributed by atoms with Crippen LogP contribution in [0.5, 0.6) is 0 Å². The average Bonchev–Trinajstić information content (AvgIpc) is 2.83. The zero-order valence-corrected chi connectivity index (χ0v) is 9.88. The van der Waals surface area contributed by atoms with Crippen LogP contribution in [0.3, 0.4) is 0 Å². The second-order valence-electron chi connectivity index (χ2n) is 3.61. The molecule has 0 unspecified atom stereocenters. The Bertz CT molecular complexity index is 440. The number of aromatic nitrogens is 1. The van der Waals surface area contributed by atoms with Gasteiger partial charge in [-0.25, -0.2) is 8.78 Å². The number of halogens is 2. The summed E-state index contributed by atoms with van der Waals surface area (Å²) < 4.78 is 24.6. The molecule has 2 nitrogen and oxygen atoms in total. The summed E-state index contributed by atoms with van der Waals surface area (Å²) in [5.41, 5.74) is 2.85. The van der Waals surface area contributed by atoms with Gasteiger partial charge in [0.15, 0.2) is 0 Å². The van der Waals surface area contributed by atoms with Crippen molar-refractivity contribution in [3.63, 3.8) is 0 Å². The molecule has 0 saturated carbocycles. The molecule has 0 spiro atoms. The summed E-state index contributed by atoms with van der Waals surface area (Å²) in [6.45, 7) is 1.42. The number of alkyl halides is 2. The fourth-order valence-corrected chi connectivity index (χ4v) is 2.00. The molecular formula is C12H12F2N2S. The lowest BCUT2D eigenvalue weighted by atomic mass is 10.1. The van der Waals surface area contributed by atoms with Gasteiger partial charge < -0.3 is 5.32 Å². The van der Waals surface area contributed by atoms with Gasteiger partial charge in [-0.15, -0.1) is 11.3 Å². The van der Waals surface area contributed by atoms with Crippen molar-refractivity contribution >= 4 is 11.3 Å². The van der Waals surface area contributed by atoms with Crippen molar-refractivity contribution in [3.8, 4) is 0 Å². The predicted molar refractivity (Wildman–Crippen MR) is 64.1 cm³/mol. The van der Waals surface area contributed by atoms with Crippen LogP contribution < -0.4 is 5.32 Å². The summed E-state index contributed by atoms with van der Waals surface area (Å²) in [6, 6.07) is 6.38. The third-order valence-electron chi connectivity index (χ3n) is 2.34. The number of benzene rings is 1. The van der Waals surface area contributed by atoms with Gasteiger partial charge in [-0.05, 0) is 5.56 Å². The van der Waals surface area contributed by atoms with Gasteiger partial charge in [0.1, 0.15) is 0 Å². The first-order chi connectivity index (χ1) is 8.25. The largest absolute Gasteiger partial charge is 0.308 e. The van der Waals surface area contributed by atoms with E-state index in [1.165, 1.54) is 12.1 Å². The van der Waals surface area contributed by atoms with E-state index in [2.05, 4.69) is 10.3 Å². The Hall–Kier alpha value is -1.33. The maximum absolute atomic E-state index is 12.3. The zero-order chi connectivity index (χ0) is 12.1. The molecule has 0 atom stereocenters. The molecule has 5 heteroatoms. The molecule has 0 aliphatic carbocycles. The van der Waals surface area contributed by atoms with E-state index in [-0.39, 0.29) is 5.56 Å². The van der Waals surface area contributed by atoms with E-state index in [0.717, 1.165) is 17.0 Å². The molecule has 2 rings (SSSR count). The lowest BCUT2D eigenvalue weighted by molar-refractivity contribution is 0.151. The first kappa shape index (κ1) is 12.1. The number of nitrogens with zero attached hydrogens (tertiary/aromatic N) is 1. The van der Waals surface area contributed by atoms with Gasteiger partial charge in [-0.2, -0.15) is 0 Å². The van der Waals surface area contributed by atoms with Crippen molar-refractivity contribution in [1.29, 1.82) is 0 Å². The van der Waals surface area contributed by atoms with Crippen LogP contribution in [-0.2, 0) is 13.1 Å². The molecule has 0 saturated heterocycles. The number of thiazole rings is 1. The monoisotopic (exact) mass is 254 g/mol. The van der Waals surface area contributed by atoms with Crippen LogP contribution in [0.25, 0.3) is 0 Å². The number of nitrogens with one attached hydrogen (secondary N) is 1. The van der Waals surface area contributed by atoms with Crippen LogP contribution >= 0.6 is 11.3 Å². The minimum absolute atomic E-state index is 0.0659. The lowest BCUT2D eigenvalue weighted by Crippen LogP contribution is -2.11. The molecule has 1 aromatic carbocycles. The predicted octanol–water partition coefficient (Wildman–Crippen LogP) is 3.37. The summed E-state index contributed by atoms with van der Waals surface area (Å²) in [4.78, 5) is 5.14. The summed E-state index contributed by atoms with van der Waals surface area (Å²) in [5.74, 6) is 0. The first-order valence-corrected chi connectivity index (χ1v) is 6.09. The fourth-order valence-electron chi connectivity index (χ4n) is 1.44. The highest BCUT2D eigenvalue weighted by molar-refractivity contribution is 7.09. The van der Waals surface area contributed by atoms with E-state index in [4.69, 9.17) is 0 Å². The molecule has 1 heterocycles. The van der Waals surface area contributed by atoms with Gasteiger partial charge in [0, 0.05) is 29.7 Å². The van der Waals surface area contributed by atoms with Crippen LogP contribution in [-0.4, -0.2) is 4.98 Å².